The largest absolute Gasteiger partial charge is 0.495 e. The van der Waals surface area contributed by atoms with Crippen LogP contribution in [0.25, 0.3) is 5.69 Å². The van der Waals surface area contributed by atoms with Gasteiger partial charge in [0.1, 0.15) is 5.75 Å². The molecule has 3 aromatic rings. The lowest BCUT2D eigenvalue weighted by Gasteiger charge is -2.28. The number of hydrogen-bond acceptors (Lipinski definition) is 4. The summed E-state index contributed by atoms with van der Waals surface area (Å²) >= 11 is 12.2. The number of nitrogens with zero attached hydrogens (tertiary/aromatic N) is 4. The van der Waals surface area contributed by atoms with E-state index in [-0.39, 0.29) is 12.1 Å². The number of methoxy groups -OCH3 is 1. The third-order valence-corrected chi connectivity index (χ3v) is 6.96. The number of hydrogen-bond donors (Lipinski definition) is 1. The predicted octanol–water partition coefficient (Wildman–Crippen LogP) is 5.08. The van der Waals surface area contributed by atoms with E-state index in [1.54, 1.807) is 7.11 Å². The molecule has 0 aliphatic carbocycles. The van der Waals surface area contributed by atoms with Crippen molar-refractivity contribution in [2.45, 2.75) is 32.4 Å². The highest BCUT2D eigenvalue weighted by Gasteiger charge is 2.41. The van der Waals surface area contributed by atoms with E-state index in [0.717, 1.165) is 53.1 Å². The number of halogens is 1. The number of rotatable bonds is 8. The topological polar surface area (TPSA) is 45.6 Å². The molecule has 2 aromatic heterocycles. The first-order chi connectivity index (χ1) is 16.3. The summed E-state index contributed by atoms with van der Waals surface area (Å²) < 4.78 is 7.88. The molecule has 0 spiro atoms. The molecule has 1 N–H and O–H groups in total. The Bertz CT molecular complexity index is 1160. The Morgan fingerprint density at radius 3 is 2.65 bits per heavy atom. The van der Waals surface area contributed by atoms with E-state index in [1.165, 1.54) is 5.56 Å². The van der Waals surface area contributed by atoms with Gasteiger partial charge in [0.05, 0.1) is 30.6 Å². The van der Waals surface area contributed by atoms with Crippen LogP contribution in [0.3, 0.4) is 0 Å². The summed E-state index contributed by atoms with van der Waals surface area (Å²) in [6.07, 6.45) is 2.85. The molecule has 0 unspecified atom stereocenters. The summed E-state index contributed by atoms with van der Waals surface area (Å²) in [5, 5.41) is 5.00. The first-order valence-electron chi connectivity index (χ1n) is 11.5. The van der Waals surface area contributed by atoms with E-state index in [1.807, 2.05) is 36.5 Å². The van der Waals surface area contributed by atoms with Gasteiger partial charge in [0.25, 0.3) is 0 Å². The number of ether oxygens (including phenoxy) is 1. The molecule has 0 saturated carbocycles. The zero-order valence-electron chi connectivity index (χ0n) is 20.4. The van der Waals surface area contributed by atoms with Gasteiger partial charge in [-0.05, 0) is 95.1 Å². The van der Waals surface area contributed by atoms with Crippen LogP contribution >= 0.6 is 23.8 Å². The maximum absolute atomic E-state index is 6.37. The van der Waals surface area contributed by atoms with Crippen LogP contribution in [0, 0.1) is 13.8 Å². The van der Waals surface area contributed by atoms with Gasteiger partial charge in [0.15, 0.2) is 5.11 Å². The van der Waals surface area contributed by atoms with Crippen LogP contribution in [0.4, 0.5) is 0 Å². The van der Waals surface area contributed by atoms with Gasteiger partial charge in [-0.3, -0.25) is 4.98 Å². The van der Waals surface area contributed by atoms with Crippen LogP contribution in [0.15, 0.2) is 48.7 Å². The van der Waals surface area contributed by atoms with Crippen LogP contribution < -0.4 is 10.1 Å². The number of benzene rings is 1. The first kappa shape index (κ1) is 24.5. The fourth-order valence-electron chi connectivity index (χ4n) is 4.84. The zero-order valence-corrected chi connectivity index (χ0v) is 22.0. The van der Waals surface area contributed by atoms with Crippen molar-refractivity contribution in [3.8, 4) is 11.4 Å². The quantitative estimate of drug-likeness (QED) is 0.438. The first-order valence-corrected chi connectivity index (χ1v) is 12.3. The number of thiocarbonyl (C=S) groups is 1. The molecule has 4 rings (SSSR count). The minimum absolute atomic E-state index is 0.0229. The SMILES string of the molecule is COc1ccc(Cl)cc1-n1c(C)cc([C@H]2[C@H](c3ccccn3)NC(=S)N2CCCN(C)C)c1C. The third-order valence-electron chi connectivity index (χ3n) is 6.37. The van der Waals surface area contributed by atoms with Crippen LogP contribution in [-0.2, 0) is 0 Å². The lowest BCUT2D eigenvalue weighted by atomic mass is 9.96. The number of nitrogens with one attached hydrogen (secondary N) is 1. The molecule has 2 atom stereocenters. The average Bonchev–Trinajstić information content (AvgIpc) is 3.29. The van der Waals surface area contributed by atoms with E-state index in [0.29, 0.717) is 5.02 Å². The van der Waals surface area contributed by atoms with Crippen molar-refractivity contribution in [1.82, 2.24) is 24.7 Å². The van der Waals surface area contributed by atoms with Gasteiger partial charge in [-0.15, -0.1) is 0 Å². The molecular weight excluding hydrogens is 466 g/mol. The van der Waals surface area contributed by atoms with E-state index >= 15 is 0 Å². The normalized spacial score (nSPS) is 18.0. The Kier molecular flexibility index (Phi) is 7.45. The summed E-state index contributed by atoms with van der Waals surface area (Å²) in [4.78, 5) is 9.19. The highest BCUT2D eigenvalue weighted by molar-refractivity contribution is 7.80. The molecule has 34 heavy (non-hydrogen) atoms. The molecule has 1 aromatic carbocycles. The van der Waals surface area contributed by atoms with E-state index in [2.05, 4.69) is 64.7 Å². The molecule has 0 radical (unpaired) electrons. The van der Waals surface area contributed by atoms with Crippen LogP contribution in [-0.4, -0.2) is 58.8 Å². The third kappa shape index (κ3) is 4.78. The molecule has 0 amide bonds. The molecule has 0 bridgehead atoms. The molecule has 1 fully saturated rings. The summed E-state index contributed by atoms with van der Waals surface area (Å²) in [5.41, 5.74) is 5.37. The second-order valence-electron chi connectivity index (χ2n) is 8.95. The standard InChI is InChI=1S/C26H32ClN5OS/c1-17-15-20(18(2)32(17)22-16-19(27)10-11-23(22)33-5)25-24(21-9-6-7-12-28-21)29-26(34)31(25)14-8-13-30(3)4/h6-7,9-12,15-16,24-25H,8,13-14H2,1-5H3,(H,29,34)/t24-,25-/m0/s1. The smallest absolute Gasteiger partial charge is 0.170 e. The maximum atomic E-state index is 6.37. The van der Waals surface area contributed by atoms with Crippen LogP contribution in [0.5, 0.6) is 5.75 Å². The highest BCUT2D eigenvalue weighted by Crippen LogP contribution is 2.42. The van der Waals surface area contributed by atoms with Crippen molar-refractivity contribution >= 4 is 28.9 Å². The van der Waals surface area contributed by atoms with Gasteiger partial charge in [-0.25, -0.2) is 0 Å². The Morgan fingerprint density at radius 2 is 1.97 bits per heavy atom. The molecule has 1 aliphatic rings. The highest BCUT2D eigenvalue weighted by atomic mass is 35.5. The van der Waals surface area contributed by atoms with E-state index in [4.69, 9.17) is 28.6 Å². The fourth-order valence-corrected chi connectivity index (χ4v) is 5.34. The van der Waals surface area contributed by atoms with Gasteiger partial charge >= 0.3 is 0 Å². The van der Waals surface area contributed by atoms with Crippen LogP contribution in [0.2, 0.25) is 5.02 Å². The minimum atomic E-state index is -0.0386. The van der Waals surface area contributed by atoms with Gasteiger partial charge in [0.2, 0.25) is 0 Å². The Labute approximate surface area is 212 Å². The van der Waals surface area contributed by atoms with Crippen LogP contribution in [0.1, 0.15) is 41.1 Å². The predicted molar refractivity (Wildman–Crippen MR) is 142 cm³/mol. The summed E-state index contributed by atoms with van der Waals surface area (Å²) in [6.45, 7) is 6.13. The van der Waals surface area contributed by atoms with Crippen molar-refractivity contribution in [3.05, 3.63) is 76.3 Å². The minimum Gasteiger partial charge on any atom is -0.495 e. The van der Waals surface area contributed by atoms with Crippen molar-refractivity contribution in [2.75, 3.05) is 34.3 Å². The van der Waals surface area contributed by atoms with E-state index in [9.17, 15) is 0 Å². The Hall–Kier alpha value is -2.61. The lowest BCUT2D eigenvalue weighted by Crippen LogP contribution is -2.32. The average molecular weight is 498 g/mol. The maximum Gasteiger partial charge on any atom is 0.170 e. The van der Waals surface area contributed by atoms with Crippen molar-refractivity contribution in [1.29, 1.82) is 0 Å². The zero-order chi connectivity index (χ0) is 24.4. The molecule has 8 heteroatoms. The monoisotopic (exact) mass is 497 g/mol. The van der Waals surface area contributed by atoms with Gasteiger partial charge in [-0.2, -0.15) is 0 Å². The molecule has 180 valence electrons. The Balaban J connectivity index is 1.81. The lowest BCUT2D eigenvalue weighted by molar-refractivity contribution is 0.292. The number of aryl methyl sites for hydroxylation is 1. The molecule has 3 heterocycles. The van der Waals surface area contributed by atoms with Gasteiger partial charge in [0, 0.05) is 29.2 Å². The second kappa shape index (κ2) is 10.3. The number of aromatic nitrogens is 2. The summed E-state index contributed by atoms with van der Waals surface area (Å²) in [7, 11) is 5.88. The number of pyridine rings is 1. The second-order valence-corrected chi connectivity index (χ2v) is 9.78. The molecule has 1 saturated heterocycles. The molecule has 6 nitrogen and oxygen atoms in total. The van der Waals surface area contributed by atoms with Crippen molar-refractivity contribution in [2.24, 2.45) is 0 Å². The molecule has 1 aliphatic heterocycles. The van der Waals surface area contributed by atoms with Crippen molar-refractivity contribution < 1.29 is 4.74 Å². The molecular formula is C26H32ClN5OS. The summed E-state index contributed by atoms with van der Waals surface area (Å²) in [6, 6.07) is 14.0. The fraction of sp³-hybridized carbons (Fsp3) is 0.385. The van der Waals surface area contributed by atoms with E-state index < -0.39 is 0 Å². The Morgan fingerprint density at radius 1 is 1.18 bits per heavy atom. The summed E-state index contributed by atoms with van der Waals surface area (Å²) in [5.74, 6) is 0.780. The van der Waals surface area contributed by atoms with Gasteiger partial charge in [-0.1, -0.05) is 17.7 Å². The van der Waals surface area contributed by atoms with Gasteiger partial charge < -0.3 is 24.4 Å². The van der Waals surface area contributed by atoms with Crippen molar-refractivity contribution in [3.63, 3.8) is 0 Å².